The highest BCUT2D eigenvalue weighted by atomic mass is 35.5. The summed E-state index contributed by atoms with van der Waals surface area (Å²) in [5.74, 6) is 0.195. The smallest absolute Gasteiger partial charge is 0.229 e. The predicted octanol–water partition coefficient (Wildman–Crippen LogP) is 4.61. The average Bonchev–Trinajstić information content (AvgIpc) is 3.21. The molecule has 2 aromatic carbocycles. The van der Waals surface area contributed by atoms with E-state index in [0.29, 0.717) is 6.54 Å². The number of nitrogens with zero attached hydrogens (tertiary/aromatic N) is 1. The molecule has 0 bridgehead atoms. The molecule has 3 N–H and O–H groups in total. The number of benzene rings is 2. The molecule has 0 aliphatic carbocycles. The summed E-state index contributed by atoms with van der Waals surface area (Å²) >= 11 is 0. The van der Waals surface area contributed by atoms with Crippen molar-refractivity contribution in [2.24, 2.45) is 5.92 Å². The molecular formula is C22H24Cl2N4O. The summed E-state index contributed by atoms with van der Waals surface area (Å²) in [4.78, 5) is 16.9. The fourth-order valence-electron chi connectivity index (χ4n) is 3.48. The monoisotopic (exact) mass is 430 g/mol. The van der Waals surface area contributed by atoms with Crippen LogP contribution in [-0.2, 0) is 4.79 Å². The molecule has 1 aliphatic heterocycles. The average molecular weight is 431 g/mol. The molecule has 29 heavy (non-hydrogen) atoms. The van der Waals surface area contributed by atoms with Crippen LogP contribution in [-0.4, -0.2) is 24.0 Å². The Hall–Kier alpha value is -2.60. The Bertz CT molecular complexity index is 892. The van der Waals surface area contributed by atoms with Crippen molar-refractivity contribution >= 4 is 47.8 Å². The highest BCUT2D eigenvalue weighted by Gasteiger charge is 2.33. The third-order valence-corrected chi connectivity index (χ3v) is 4.88. The Kier molecular flexibility index (Phi) is 8.46. The molecule has 4 rings (SSSR count). The molecule has 0 spiro atoms. The fraction of sp³-hybridized carbons (Fsp3) is 0.182. The quantitative estimate of drug-likeness (QED) is 0.552. The topological polar surface area (TPSA) is 66.0 Å². The Morgan fingerprint density at radius 3 is 2.28 bits per heavy atom. The Labute approximate surface area is 183 Å². The van der Waals surface area contributed by atoms with E-state index >= 15 is 0 Å². The summed E-state index contributed by atoms with van der Waals surface area (Å²) in [5.41, 5.74) is 3.89. The van der Waals surface area contributed by atoms with Gasteiger partial charge in [0.05, 0.1) is 17.8 Å². The number of pyridine rings is 1. The lowest BCUT2D eigenvalue weighted by molar-refractivity contribution is -0.119. The van der Waals surface area contributed by atoms with Crippen molar-refractivity contribution < 1.29 is 4.79 Å². The van der Waals surface area contributed by atoms with Gasteiger partial charge in [-0.1, -0.05) is 30.3 Å². The number of amides is 1. The SMILES string of the molecule is Cl.Cl.O=C(Nc1ccc(Nc2cccnc2)cc1)[C@@H]1CNC[C@H]1c1ccccc1. The Balaban J connectivity index is 0.00000150. The number of nitrogens with one attached hydrogen (secondary N) is 3. The van der Waals surface area contributed by atoms with Crippen LogP contribution in [0.5, 0.6) is 0 Å². The minimum absolute atomic E-state index is 0. The number of halogens is 2. The van der Waals surface area contributed by atoms with Crippen LogP contribution < -0.4 is 16.0 Å². The summed E-state index contributed by atoms with van der Waals surface area (Å²) in [7, 11) is 0. The maximum Gasteiger partial charge on any atom is 0.229 e. The molecule has 1 aliphatic rings. The first-order valence-electron chi connectivity index (χ1n) is 9.13. The first-order valence-corrected chi connectivity index (χ1v) is 9.13. The van der Waals surface area contributed by atoms with Gasteiger partial charge < -0.3 is 16.0 Å². The zero-order valence-electron chi connectivity index (χ0n) is 15.7. The van der Waals surface area contributed by atoms with E-state index in [4.69, 9.17) is 0 Å². The largest absolute Gasteiger partial charge is 0.354 e. The minimum atomic E-state index is -0.0689. The first kappa shape index (κ1) is 22.7. The van der Waals surface area contributed by atoms with E-state index in [-0.39, 0.29) is 42.6 Å². The van der Waals surface area contributed by atoms with Gasteiger partial charge in [0.15, 0.2) is 0 Å². The summed E-state index contributed by atoms with van der Waals surface area (Å²) in [6.45, 7) is 1.53. The van der Waals surface area contributed by atoms with Gasteiger partial charge in [-0.3, -0.25) is 9.78 Å². The molecule has 0 unspecified atom stereocenters. The van der Waals surface area contributed by atoms with Crippen LogP contribution in [0.4, 0.5) is 17.1 Å². The van der Waals surface area contributed by atoms with Gasteiger partial charge in [0.25, 0.3) is 0 Å². The van der Waals surface area contributed by atoms with Crippen LogP contribution in [0.3, 0.4) is 0 Å². The summed E-state index contributed by atoms with van der Waals surface area (Å²) in [6, 6.07) is 21.8. The van der Waals surface area contributed by atoms with E-state index < -0.39 is 0 Å². The lowest BCUT2D eigenvalue weighted by Gasteiger charge is -2.18. The Morgan fingerprint density at radius 2 is 1.59 bits per heavy atom. The third kappa shape index (κ3) is 5.70. The second kappa shape index (κ2) is 10.8. The van der Waals surface area contributed by atoms with Crippen molar-refractivity contribution in [2.45, 2.75) is 5.92 Å². The number of carbonyl (C=O) groups excluding carboxylic acids is 1. The molecule has 1 amide bonds. The van der Waals surface area contributed by atoms with Crippen molar-refractivity contribution in [1.82, 2.24) is 10.3 Å². The van der Waals surface area contributed by atoms with E-state index in [1.54, 1.807) is 12.4 Å². The van der Waals surface area contributed by atoms with E-state index in [1.165, 1.54) is 5.56 Å². The van der Waals surface area contributed by atoms with Crippen molar-refractivity contribution in [3.8, 4) is 0 Å². The van der Waals surface area contributed by atoms with Crippen molar-refractivity contribution in [3.63, 3.8) is 0 Å². The van der Waals surface area contributed by atoms with Gasteiger partial charge in [-0.05, 0) is 42.0 Å². The van der Waals surface area contributed by atoms with Gasteiger partial charge in [0.2, 0.25) is 5.91 Å². The standard InChI is InChI=1S/C22H22N4O.2ClH/c27-22(21-15-24-14-20(21)16-5-2-1-3-6-16)26-18-10-8-17(9-11-18)25-19-7-4-12-23-13-19;;/h1-13,20-21,24-25H,14-15H2,(H,26,27);2*1H/t20-,21+;;/m0../s1. The second-order valence-corrected chi connectivity index (χ2v) is 6.72. The molecule has 1 saturated heterocycles. The molecule has 5 nitrogen and oxygen atoms in total. The second-order valence-electron chi connectivity index (χ2n) is 6.72. The minimum Gasteiger partial charge on any atom is -0.354 e. The normalized spacial score (nSPS) is 17.5. The molecule has 1 aromatic heterocycles. The number of aromatic nitrogens is 1. The number of hydrogen-bond donors (Lipinski definition) is 3. The van der Waals surface area contributed by atoms with Gasteiger partial charge in [0, 0.05) is 36.6 Å². The lowest BCUT2D eigenvalue weighted by Crippen LogP contribution is -2.28. The number of hydrogen-bond acceptors (Lipinski definition) is 4. The molecule has 0 radical (unpaired) electrons. The molecule has 0 saturated carbocycles. The van der Waals surface area contributed by atoms with Crippen molar-refractivity contribution in [1.29, 1.82) is 0 Å². The predicted molar refractivity (Wildman–Crippen MR) is 123 cm³/mol. The summed E-state index contributed by atoms with van der Waals surface area (Å²) in [6.07, 6.45) is 3.51. The molecule has 2 atom stereocenters. The fourth-order valence-corrected chi connectivity index (χ4v) is 3.48. The molecule has 2 heterocycles. The van der Waals surface area contributed by atoms with E-state index in [0.717, 1.165) is 23.6 Å². The van der Waals surface area contributed by atoms with Crippen molar-refractivity contribution in [2.75, 3.05) is 23.7 Å². The van der Waals surface area contributed by atoms with Crippen LogP contribution in [0.15, 0.2) is 79.1 Å². The maximum absolute atomic E-state index is 12.8. The van der Waals surface area contributed by atoms with Crippen LogP contribution in [0.1, 0.15) is 11.5 Å². The highest BCUT2D eigenvalue weighted by molar-refractivity contribution is 5.93. The first-order chi connectivity index (χ1) is 13.3. The number of carbonyl (C=O) groups is 1. The lowest BCUT2D eigenvalue weighted by atomic mass is 9.88. The van der Waals surface area contributed by atoms with E-state index in [1.807, 2.05) is 54.6 Å². The van der Waals surface area contributed by atoms with E-state index in [2.05, 4.69) is 33.1 Å². The van der Waals surface area contributed by atoms with Crippen molar-refractivity contribution in [3.05, 3.63) is 84.7 Å². The highest BCUT2D eigenvalue weighted by Crippen LogP contribution is 2.29. The third-order valence-electron chi connectivity index (χ3n) is 4.88. The van der Waals surface area contributed by atoms with E-state index in [9.17, 15) is 4.79 Å². The summed E-state index contributed by atoms with van der Waals surface area (Å²) < 4.78 is 0. The molecule has 3 aromatic rings. The zero-order chi connectivity index (χ0) is 18.5. The van der Waals surface area contributed by atoms with Crippen LogP contribution in [0.25, 0.3) is 0 Å². The number of rotatable bonds is 5. The zero-order valence-corrected chi connectivity index (χ0v) is 17.4. The number of anilines is 3. The molecule has 7 heteroatoms. The van der Waals surface area contributed by atoms with Gasteiger partial charge in [-0.2, -0.15) is 0 Å². The Morgan fingerprint density at radius 1 is 0.862 bits per heavy atom. The van der Waals surface area contributed by atoms with Gasteiger partial charge in [-0.15, -0.1) is 24.8 Å². The van der Waals surface area contributed by atoms with Crippen LogP contribution in [0, 0.1) is 5.92 Å². The molecular weight excluding hydrogens is 407 g/mol. The van der Waals surface area contributed by atoms with Crippen LogP contribution in [0.2, 0.25) is 0 Å². The van der Waals surface area contributed by atoms with Crippen LogP contribution >= 0.6 is 24.8 Å². The van der Waals surface area contributed by atoms with Gasteiger partial charge in [0.1, 0.15) is 0 Å². The summed E-state index contributed by atoms with van der Waals surface area (Å²) in [5, 5.41) is 9.69. The van der Waals surface area contributed by atoms with Gasteiger partial charge >= 0.3 is 0 Å². The molecule has 1 fully saturated rings. The van der Waals surface area contributed by atoms with Gasteiger partial charge in [-0.25, -0.2) is 0 Å². The maximum atomic E-state index is 12.8. The molecule has 152 valence electrons.